The molecule has 0 aromatic carbocycles. The van der Waals surface area contributed by atoms with Crippen LogP contribution in [0.5, 0.6) is 0 Å². The highest BCUT2D eigenvalue weighted by Gasteiger charge is 2.08. The van der Waals surface area contributed by atoms with Gasteiger partial charge in [-0.3, -0.25) is 4.98 Å². The first-order chi connectivity index (χ1) is 5.17. The van der Waals surface area contributed by atoms with Gasteiger partial charge in [0, 0.05) is 17.6 Å². The van der Waals surface area contributed by atoms with Crippen molar-refractivity contribution in [1.29, 1.82) is 0 Å². The molecule has 3 nitrogen and oxygen atoms in total. The molecule has 0 amide bonds. The van der Waals surface area contributed by atoms with E-state index in [1.807, 2.05) is 0 Å². The Hall–Kier alpha value is -1.34. The summed E-state index contributed by atoms with van der Waals surface area (Å²) in [4.78, 5) is 3.68. The standard InChI is InChI=1S/C7H5NO2S/c1-2-11(9,10)7-4-3-5-8-6-7/h1,3-6H. The van der Waals surface area contributed by atoms with Crippen molar-refractivity contribution in [3.63, 3.8) is 0 Å². The minimum Gasteiger partial charge on any atom is -0.263 e. The molecule has 0 radical (unpaired) electrons. The number of pyridine rings is 1. The summed E-state index contributed by atoms with van der Waals surface area (Å²) >= 11 is 0. The summed E-state index contributed by atoms with van der Waals surface area (Å²) < 4.78 is 21.8. The van der Waals surface area contributed by atoms with Crippen molar-refractivity contribution in [3.05, 3.63) is 24.5 Å². The van der Waals surface area contributed by atoms with Crippen LogP contribution in [0.4, 0.5) is 0 Å². The van der Waals surface area contributed by atoms with E-state index in [0.29, 0.717) is 0 Å². The van der Waals surface area contributed by atoms with Gasteiger partial charge in [0.25, 0.3) is 0 Å². The maximum absolute atomic E-state index is 10.9. The lowest BCUT2D eigenvalue weighted by Crippen LogP contribution is -1.95. The molecule has 1 aromatic heterocycles. The molecule has 56 valence electrons. The SMILES string of the molecule is C#CS(=O)(=O)c1cccnc1. The Kier molecular flexibility index (Phi) is 1.92. The number of terminal acetylenes is 1. The van der Waals surface area contributed by atoms with Crippen LogP contribution in [-0.2, 0) is 9.84 Å². The van der Waals surface area contributed by atoms with Gasteiger partial charge in [-0.15, -0.1) is 6.42 Å². The molecule has 0 saturated heterocycles. The third kappa shape index (κ3) is 1.57. The molecule has 0 N–H and O–H groups in total. The summed E-state index contributed by atoms with van der Waals surface area (Å²) in [5, 5.41) is 1.69. The summed E-state index contributed by atoms with van der Waals surface area (Å²) in [5.74, 6) is 0. The molecule has 0 spiro atoms. The van der Waals surface area contributed by atoms with Crippen molar-refractivity contribution >= 4 is 9.84 Å². The summed E-state index contributed by atoms with van der Waals surface area (Å²) in [6, 6.07) is 2.92. The van der Waals surface area contributed by atoms with E-state index in [-0.39, 0.29) is 4.90 Å². The van der Waals surface area contributed by atoms with Gasteiger partial charge in [-0.05, 0) is 12.1 Å². The van der Waals surface area contributed by atoms with Gasteiger partial charge in [0.15, 0.2) is 0 Å². The zero-order valence-corrected chi connectivity index (χ0v) is 6.38. The monoisotopic (exact) mass is 167 g/mol. The van der Waals surface area contributed by atoms with E-state index in [1.54, 1.807) is 5.25 Å². The van der Waals surface area contributed by atoms with Crippen molar-refractivity contribution in [1.82, 2.24) is 4.98 Å². The van der Waals surface area contributed by atoms with E-state index in [9.17, 15) is 8.42 Å². The fourth-order valence-corrected chi connectivity index (χ4v) is 1.17. The summed E-state index contributed by atoms with van der Waals surface area (Å²) in [6.45, 7) is 0. The second-order valence-corrected chi connectivity index (χ2v) is 3.52. The van der Waals surface area contributed by atoms with Crippen molar-refractivity contribution in [2.75, 3.05) is 0 Å². The van der Waals surface area contributed by atoms with Crippen LogP contribution in [0.1, 0.15) is 0 Å². The third-order valence-corrected chi connectivity index (χ3v) is 2.27. The van der Waals surface area contributed by atoms with E-state index >= 15 is 0 Å². The maximum atomic E-state index is 10.9. The summed E-state index contributed by atoms with van der Waals surface area (Å²) in [5.41, 5.74) is 0. The molecule has 0 atom stereocenters. The molecule has 1 rings (SSSR count). The quantitative estimate of drug-likeness (QED) is 0.450. The molecular formula is C7H5NO2S. The van der Waals surface area contributed by atoms with Crippen molar-refractivity contribution in [2.45, 2.75) is 4.90 Å². The van der Waals surface area contributed by atoms with Crippen LogP contribution in [0, 0.1) is 11.7 Å². The number of sulfone groups is 1. The van der Waals surface area contributed by atoms with E-state index in [0.717, 1.165) is 0 Å². The topological polar surface area (TPSA) is 47.0 Å². The Labute approximate surface area is 65.0 Å². The van der Waals surface area contributed by atoms with Crippen LogP contribution in [0.2, 0.25) is 0 Å². The van der Waals surface area contributed by atoms with E-state index < -0.39 is 9.84 Å². The average molecular weight is 167 g/mol. The van der Waals surface area contributed by atoms with Gasteiger partial charge in [-0.2, -0.15) is 0 Å². The molecule has 0 aliphatic heterocycles. The Morgan fingerprint density at radius 3 is 2.73 bits per heavy atom. The smallest absolute Gasteiger partial charge is 0.246 e. The number of rotatable bonds is 1. The Bertz CT molecular complexity index is 375. The lowest BCUT2D eigenvalue weighted by atomic mass is 10.5. The van der Waals surface area contributed by atoms with E-state index in [1.165, 1.54) is 24.5 Å². The van der Waals surface area contributed by atoms with Gasteiger partial charge >= 0.3 is 0 Å². The second-order valence-electron chi connectivity index (χ2n) is 1.81. The first-order valence-electron chi connectivity index (χ1n) is 2.79. The number of nitrogens with zero attached hydrogens (tertiary/aromatic N) is 1. The number of hydrogen-bond donors (Lipinski definition) is 0. The van der Waals surface area contributed by atoms with Crippen LogP contribution in [-0.4, -0.2) is 13.4 Å². The Morgan fingerprint density at radius 1 is 1.55 bits per heavy atom. The molecule has 1 heterocycles. The van der Waals surface area contributed by atoms with Crippen LogP contribution in [0.15, 0.2) is 29.4 Å². The Morgan fingerprint density at radius 2 is 2.27 bits per heavy atom. The molecule has 0 aliphatic carbocycles. The van der Waals surface area contributed by atoms with Crippen molar-refractivity contribution in [2.24, 2.45) is 0 Å². The van der Waals surface area contributed by atoms with Crippen LogP contribution in [0.3, 0.4) is 0 Å². The zero-order valence-electron chi connectivity index (χ0n) is 5.56. The highest BCUT2D eigenvalue weighted by molar-refractivity contribution is 7.96. The zero-order chi connectivity index (χ0) is 8.32. The average Bonchev–Trinajstić information content (AvgIpc) is 2.06. The van der Waals surface area contributed by atoms with Gasteiger partial charge in [0.2, 0.25) is 9.84 Å². The second kappa shape index (κ2) is 2.72. The molecular weight excluding hydrogens is 162 g/mol. The van der Waals surface area contributed by atoms with Crippen molar-refractivity contribution in [3.8, 4) is 11.7 Å². The van der Waals surface area contributed by atoms with Gasteiger partial charge < -0.3 is 0 Å². The lowest BCUT2D eigenvalue weighted by Gasteiger charge is -1.92. The lowest BCUT2D eigenvalue weighted by molar-refractivity contribution is 0.606. The predicted molar refractivity (Wildman–Crippen MR) is 40.3 cm³/mol. The highest BCUT2D eigenvalue weighted by atomic mass is 32.2. The van der Waals surface area contributed by atoms with Crippen molar-refractivity contribution < 1.29 is 8.42 Å². The van der Waals surface area contributed by atoms with Crippen LogP contribution >= 0.6 is 0 Å². The van der Waals surface area contributed by atoms with E-state index in [2.05, 4.69) is 4.98 Å². The molecule has 11 heavy (non-hydrogen) atoms. The molecule has 0 unspecified atom stereocenters. The minimum absolute atomic E-state index is 0.0579. The highest BCUT2D eigenvalue weighted by Crippen LogP contribution is 2.05. The number of hydrogen-bond acceptors (Lipinski definition) is 3. The molecule has 0 aliphatic rings. The van der Waals surface area contributed by atoms with E-state index in [4.69, 9.17) is 6.42 Å². The first kappa shape index (κ1) is 7.76. The maximum Gasteiger partial charge on any atom is 0.246 e. The molecule has 0 fully saturated rings. The van der Waals surface area contributed by atoms with Crippen LogP contribution in [0.25, 0.3) is 0 Å². The summed E-state index contributed by atoms with van der Waals surface area (Å²) in [6.07, 6.45) is 7.47. The first-order valence-corrected chi connectivity index (χ1v) is 4.27. The molecule has 0 bridgehead atoms. The van der Waals surface area contributed by atoms with Gasteiger partial charge in [0.1, 0.15) is 0 Å². The Balaban J connectivity index is 3.28. The van der Waals surface area contributed by atoms with Gasteiger partial charge in [0.05, 0.1) is 4.90 Å². The van der Waals surface area contributed by atoms with Crippen LogP contribution < -0.4 is 0 Å². The predicted octanol–water partition coefficient (Wildman–Crippen LogP) is 0.446. The fourth-order valence-electron chi connectivity index (χ4n) is 0.574. The largest absolute Gasteiger partial charge is 0.263 e. The normalized spacial score (nSPS) is 10.5. The van der Waals surface area contributed by atoms with Gasteiger partial charge in [-0.1, -0.05) is 0 Å². The molecule has 1 aromatic rings. The number of aromatic nitrogens is 1. The third-order valence-electron chi connectivity index (χ3n) is 1.10. The minimum atomic E-state index is -3.53. The summed E-state index contributed by atoms with van der Waals surface area (Å²) in [7, 11) is -3.53. The van der Waals surface area contributed by atoms with Gasteiger partial charge in [-0.25, -0.2) is 8.42 Å². The molecule has 4 heteroatoms. The fraction of sp³-hybridized carbons (Fsp3) is 0. The molecule has 0 saturated carbocycles.